The molecule has 0 aliphatic heterocycles. The van der Waals surface area contributed by atoms with Crippen molar-refractivity contribution in [3.05, 3.63) is 36.0 Å². The molecule has 0 aliphatic rings. The molecule has 0 radical (unpaired) electrons. The van der Waals surface area contributed by atoms with Crippen LogP contribution in [-0.4, -0.2) is 32.1 Å². The highest BCUT2D eigenvalue weighted by Gasteiger charge is 2.09. The van der Waals surface area contributed by atoms with Gasteiger partial charge in [-0.15, -0.1) is 0 Å². The fourth-order valence-corrected chi connectivity index (χ4v) is 1.46. The third kappa shape index (κ3) is 5.54. The molecule has 0 heterocycles. The summed E-state index contributed by atoms with van der Waals surface area (Å²) in [5.41, 5.74) is 0.375. The molecule has 1 rings (SSSR count). The van der Waals surface area contributed by atoms with Gasteiger partial charge in [-0.2, -0.15) is 5.26 Å². The number of amides is 1. The Labute approximate surface area is 128 Å². The van der Waals surface area contributed by atoms with Gasteiger partial charge >= 0.3 is 5.97 Å². The van der Waals surface area contributed by atoms with Gasteiger partial charge in [-0.05, 0) is 31.2 Å². The lowest BCUT2D eigenvalue weighted by atomic mass is 10.2. The molecule has 7 heteroatoms. The van der Waals surface area contributed by atoms with Crippen LogP contribution in [0, 0.1) is 11.3 Å². The van der Waals surface area contributed by atoms with Crippen molar-refractivity contribution in [2.75, 3.05) is 25.6 Å². The molecule has 1 aromatic rings. The third-order valence-electron chi connectivity index (χ3n) is 2.51. The number of hydrogen-bond donors (Lipinski definition) is 2. The van der Waals surface area contributed by atoms with Gasteiger partial charge < -0.3 is 20.1 Å². The molecule has 7 nitrogen and oxygen atoms in total. The van der Waals surface area contributed by atoms with Crippen LogP contribution < -0.4 is 15.4 Å². The van der Waals surface area contributed by atoms with Crippen molar-refractivity contribution in [3.8, 4) is 11.8 Å². The highest BCUT2D eigenvalue weighted by atomic mass is 16.5. The molecule has 0 aliphatic carbocycles. The van der Waals surface area contributed by atoms with E-state index in [1.165, 1.54) is 13.3 Å². The van der Waals surface area contributed by atoms with Crippen molar-refractivity contribution in [1.29, 1.82) is 5.26 Å². The van der Waals surface area contributed by atoms with E-state index in [0.717, 1.165) is 0 Å². The summed E-state index contributed by atoms with van der Waals surface area (Å²) in [6.45, 7) is 2.30. The Bertz CT molecular complexity index is 588. The second kappa shape index (κ2) is 9.02. The molecule has 2 N–H and O–H groups in total. The van der Waals surface area contributed by atoms with E-state index in [1.54, 1.807) is 30.3 Å². The number of nitrogens with one attached hydrogen (secondary N) is 2. The first-order chi connectivity index (χ1) is 10.6. The van der Waals surface area contributed by atoms with E-state index in [1.807, 2.05) is 6.92 Å². The fourth-order valence-electron chi connectivity index (χ4n) is 1.46. The number of esters is 1. The molecule has 1 amide bonds. The summed E-state index contributed by atoms with van der Waals surface area (Å²) < 4.78 is 9.72. The topological polar surface area (TPSA) is 100 Å². The number of methoxy groups -OCH3 is 1. The van der Waals surface area contributed by atoms with Gasteiger partial charge in [0.25, 0.3) is 5.91 Å². The Balaban J connectivity index is 2.63. The molecule has 0 fully saturated rings. The largest absolute Gasteiger partial charge is 0.494 e. The molecule has 0 aromatic heterocycles. The average Bonchev–Trinajstić information content (AvgIpc) is 2.53. The van der Waals surface area contributed by atoms with Crippen LogP contribution >= 0.6 is 0 Å². The zero-order chi connectivity index (χ0) is 16.4. The van der Waals surface area contributed by atoms with Crippen molar-refractivity contribution in [1.82, 2.24) is 5.32 Å². The molecule has 1 aromatic carbocycles. The lowest BCUT2D eigenvalue weighted by Crippen LogP contribution is -2.22. The molecule has 0 saturated heterocycles. The summed E-state index contributed by atoms with van der Waals surface area (Å²) in [6.07, 6.45) is 1.17. The van der Waals surface area contributed by atoms with Crippen molar-refractivity contribution in [3.63, 3.8) is 0 Å². The molecule has 0 unspecified atom stereocenters. The molecule has 116 valence electrons. The minimum atomic E-state index is -0.580. The van der Waals surface area contributed by atoms with E-state index >= 15 is 0 Å². The van der Waals surface area contributed by atoms with Crippen molar-refractivity contribution in [2.45, 2.75) is 6.92 Å². The molecule has 0 atom stereocenters. The number of nitrogens with zero attached hydrogens (tertiary/aromatic N) is 1. The van der Waals surface area contributed by atoms with E-state index in [2.05, 4.69) is 15.4 Å². The predicted octanol–water partition coefficient (Wildman–Crippen LogP) is 1.19. The van der Waals surface area contributed by atoms with Crippen LogP contribution in [-0.2, 0) is 14.3 Å². The SMILES string of the molecule is CCOc1ccc(NC(=O)/C(C#N)=C\NCC(=O)OC)cc1. The Morgan fingerprint density at radius 3 is 2.55 bits per heavy atom. The number of rotatable bonds is 7. The van der Waals surface area contributed by atoms with E-state index in [0.29, 0.717) is 18.0 Å². The number of carbonyl (C=O) groups is 2. The highest BCUT2D eigenvalue weighted by molar-refractivity contribution is 6.06. The summed E-state index contributed by atoms with van der Waals surface area (Å²) in [4.78, 5) is 22.8. The molecular formula is C15H17N3O4. The summed E-state index contributed by atoms with van der Waals surface area (Å²) in [5.74, 6) is -0.388. The van der Waals surface area contributed by atoms with Crippen LogP contribution in [0.4, 0.5) is 5.69 Å². The summed E-state index contributed by atoms with van der Waals surface area (Å²) in [5, 5.41) is 14.1. The van der Waals surface area contributed by atoms with E-state index < -0.39 is 11.9 Å². The zero-order valence-electron chi connectivity index (χ0n) is 12.4. The van der Waals surface area contributed by atoms with Gasteiger partial charge in [0.05, 0.1) is 13.7 Å². The van der Waals surface area contributed by atoms with Crippen LogP contribution in [0.1, 0.15) is 6.92 Å². The average molecular weight is 303 g/mol. The van der Waals surface area contributed by atoms with Gasteiger partial charge in [-0.25, -0.2) is 0 Å². The molecule has 0 spiro atoms. The van der Waals surface area contributed by atoms with Gasteiger partial charge in [0.2, 0.25) is 0 Å². The van der Waals surface area contributed by atoms with Crippen LogP contribution in [0.5, 0.6) is 5.75 Å². The number of nitriles is 1. The minimum absolute atomic E-state index is 0.127. The highest BCUT2D eigenvalue weighted by Crippen LogP contribution is 2.16. The lowest BCUT2D eigenvalue weighted by molar-refractivity contribution is -0.139. The maximum absolute atomic E-state index is 11.9. The first-order valence-corrected chi connectivity index (χ1v) is 6.55. The molecular weight excluding hydrogens is 286 g/mol. The van der Waals surface area contributed by atoms with E-state index in [4.69, 9.17) is 10.00 Å². The van der Waals surface area contributed by atoms with Crippen LogP contribution in [0.2, 0.25) is 0 Å². The number of hydrogen-bond acceptors (Lipinski definition) is 6. The summed E-state index contributed by atoms with van der Waals surface area (Å²) in [7, 11) is 1.25. The van der Waals surface area contributed by atoms with Gasteiger partial charge in [-0.1, -0.05) is 0 Å². The Morgan fingerprint density at radius 1 is 1.32 bits per heavy atom. The lowest BCUT2D eigenvalue weighted by Gasteiger charge is -2.07. The first kappa shape index (κ1) is 17.0. The normalized spacial score (nSPS) is 10.3. The van der Waals surface area contributed by atoms with Crippen molar-refractivity contribution < 1.29 is 19.1 Å². The van der Waals surface area contributed by atoms with Gasteiger partial charge in [0.15, 0.2) is 0 Å². The second-order valence-electron chi connectivity index (χ2n) is 4.04. The Kier molecular flexibility index (Phi) is 6.99. The van der Waals surface area contributed by atoms with Gasteiger partial charge in [-0.3, -0.25) is 9.59 Å². The number of benzene rings is 1. The number of carbonyl (C=O) groups excluding carboxylic acids is 2. The molecule has 0 bridgehead atoms. The van der Waals surface area contributed by atoms with Crippen LogP contribution in [0.3, 0.4) is 0 Å². The number of ether oxygens (including phenoxy) is 2. The monoisotopic (exact) mass is 303 g/mol. The maximum Gasteiger partial charge on any atom is 0.325 e. The van der Waals surface area contributed by atoms with Crippen molar-refractivity contribution >= 4 is 17.6 Å². The maximum atomic E-state index is 11.9. The van der Waals surface area contributed by atoms with E-state index in [9.17, 15) is 9.59 Å². The van der Waals surface area contributed by atoms with Crippen LogP contribution in [0.25, 0.3) is 0 Å². The fraction of sp³-hybridized carbons (Fsp3) is 0.267. The second-order valence-corrected chi connectivity index (χ2v) is 4.04. The zero-order valence-corrected chi connectivity index (χ0v) is 12.4. The van der Waals surface area contributed by atoms with Crippen molar-refractivity contribution in [2.24, 2.45) is 0 Å². The molecule has 22 heavy (non-hydrogen) atoms. The summed E-state index contributed by atoms with van der Waals surface area (Å²) in [6, 6.07) is 8.51. The predicted molar refractivity (Wildman–Crippen MR) is 80.0 cm³/mol. The molecule has 0 saturated carbocycles. The third-order valence-corrected chi connectivity index (χ3v) is 2.51. The quantitative estimate of drug-likeness (QED) is 0.446. The Hall–Kier alpha value is -3.01. The van der Waals surface area contributed by atoms with Gasteiger partial charge in [0, 0.05) is 11.9 Å². The van der Waals surface area contributed by atoms with E-state index in [-0.39, 0.29) is 12.1 Å². The number of anilines is 1. The smallest absolute Gasteiger partial charge is 0.325 e. The van der Waals surface area contributed by atoms with Crippen LogP contribution in [0.15, 0.2) is 36.0 Å². The van der Waals surface area contributed by atoms with Gasteiger partial charge in [0.1, 0.15) is 23.9 Å². The Morgan fingerprint density at radius 2 is 2.00 bits per heavy atom. The first-order valence-electron chi connectivity index (χ1n) is 6.55. The summed E-state index contributed by atoms with van der Waals surface area (Å²) >= 11 is 0. The standard InChI is InChI=1S/C15H17N3O4/c1-3-22-13-6-4-12(5-7-13)18-15(20)11(8-16)9-17-10-14(19)21-2/h4-7,9,17H,3,10H2,1-2H3,(H,18,20)/b11-9-. The minimum Gasteiger partial charge on any atom is -0.494 e.